The van der Waals surface area contributed by atoms with E-state index in [1.54, 1.807) is 0 Å². The van der Waals surface area contributed by atoms with E-state index < -0.39 is 17.7 Å². The summed E-state index contributed by atoms with van der Waals surface area (Å²) < 4.78 is 42.1. The fraction of sp³-hybridized carbons (Fsp3) is 0.182. The van der Waals surface area contributed by atoms with Crippen LogP contribution in [0.15, 0.2) is 24.3 Å². The lowest BCUT2D eigenvalue weighted by atomic mass is 10.1. The third-order valence-corrected chi connectivity index (χ3v) is 1.96. The van der Waals surface area contributed by atoms with Gasteiger partial charge < -0.3 is 9.84 Å². The minimum atomic E-state index is -4.47. The number of ether oxygens (including phenoxy) is 1. The number of carboxylic acids is 1. The zero-order chi connectivity index (χ0) is 13.1. The van der Waals surface area contributed by atoms with E-state index >= 15 is 0 Å². The molecule has 0 saturated carbocycles. The van der Waals surface area contributed by atoms with Crippen LogP contribution >= 0.6 is 0 Å². The minimum absolute atomic E-state index is 0.0599. The summed E-state index contributed by atoms with van der Waals surface area (Å²) in [4.78, 5) is 10.3. The average molecular weight is 246 g/mol. The number of hydrogen-bond acceptors (Lipinski definition) is 2. The lowest BCUT2D eigenvalue weighted by Gasteiger charge is -2.10. The van der Waals surface area contributed by atoms with Crippen molar-refractivity contribution in [3.05, 3.63) is 35.4 Å². The first-order valence-corrected chi connectivity index (χ1v) is 4.51. The first kappa shape index (κ1) is 13.1. The standard InChI is InChI=1S/C11H9F3O3/c1-17-9-4-3-8(11(12,13)14)6-7(9)2-5-10(15)16/h2-6H,1H3,(H,15,16)/b5-2+. The van der Waals surface area contributed by atoms with Gasteiger partial charge in [0.2, 0.25) is 0 Å². The summed E-state index contributed by atoms with van der Waals surface area (Å²) in [5.41, 5.74) is -0.798. The summed E-state index contributed by atoms with van der Waals surface area (Å²) in [5.74, 6) is -1.07. The second kappa shape index (κ2) is 4.90. The molecule has 0 aromatic heterocycles. The number of hydrogen-bond donors (Lipinski definition) is 1. The van der Waals surface area contributed by atoms with E-state index in [1.807, 2.05) is 0 Å². The maximum atomic E-state index is 12.4. The van der Waals surface area contributed by atoms with Crippen molar-refractivity contribution < 1.29 is 27.8 Å². The summed E-state index contributed by atoms with van der Waals surface area (Å²) >= 11 is 0. The van der Waals surface area contributed by atoms with Gasteiger partial charge in [0.05, 0.1) is 12.7 Å². The van der Waals surface area contributed by atoms with Gasteiger partial charge >= 0.3 is 12.1 Å². The smallest absolute Gasteiger partial charge is 0.416 e. The number of methoxy groups -OCH3 is 1. The molecule has 0 spiro atoms. The van der Waals surface area contributed by atoms with Gasteiger partial charge in [0, 0.05) is 11.6 Å². The maximum Gasteiger partial charge on any atom is 0.416 e. The van der Waals surface area contributed by atoms with Crippen LogP contribution in [-0.4, -0.2) is 18.2 Å². The quantitative estimate of drug-likeness (QED) is 0.834. The van der Waals surface area contributed by atoms with Crippen molar-refractivity contribution in [3.63, 3.8) is 0 Å². The summed E-state index contributed by atoms with van der Waals surface area (Å²) in [6, 6.07) is 2.85. The fourth-order valence-corrected chi connectivity index (χ4v) is 1.20. The van der Waals surface area contributed by atoms with Gasteiger partial charge in [-0.25, -0.2) is 4.79 Å². The van der Waals surface area contributed by atoms with E-state index in [0.29, 0.717) is 0 Å². The van der Waals surface area contributed by atoms with E-state index in [0.717, 1.165) is 30.4 Å². The van der Waals surface area contributed by atoms with E-state index in [9.17, 15) is 18.0 Å². The molecule has 92 valence electrons. The van der Waals surface area contributed by atoms with E-state index in [-0.39, 0.29) is 11.3 Å². The van der Waals surface area contributed by atoms with Crippen LogP contribution in [0.1, 0.15) is 11.1 Å². The highest BCUT2D eigenvalue weighted by Crippen LogP contribution is 2.32. The van der Waals surface area contributed by atoms with Crippen LogP contribution in [-0.2, 0) is 11.0 Å². The third-order valence-electron chi connectivity index (χ3n) is 1.96. The summed E-state index contributed by atoms with van der Waals surface area (Å²) in [6.07, 6.45) is -2.67. The highest BCUT2D eigenvalue weighted by molar-refractivity contribution is 5.86. The largest absolute Gasteiger partial charge is 0.496 e. The molecule has 0 aliphatic carbocycles. The SMILES string of the molecule is COc1ccc(C(F)(F)F)cc1/C=C/C(=O)O. The number of aliphatic carboxylic acids is 1. The van der Waals surface area contributed by atoms with Crippen LogP contribution in [0.25, 0.3) is 6.08 Å². The van der Waals surface area contributed by atoms with Crippen molar-refractivity contribution in [2.75, 3.05) is 7.11 Å². The van der Waals surface area contributed by atoms with Crippen molar-refractivity contribution in [3.8, 4) is 5.75 Å². The van der Waals surface area contributed by atoms with Crippen LogP contribution in [0.3, 0.4) is 0 Å². The van der Waals surface area contributed by atoms with Gasteiger partial charge in [0.1, 0.15) is 5.75 Å². The molecule has 1 aromatic carbocycles. The average Bonchev–Trinajstić information content (AvgIpc) is 2.24. The number of halogens is 3. The Morgan fingerprint density at radius 3 is 2.53 bits per heavy atom. The molecule has 17 heavy (non-hydrogen) atoms. The molecular weight excluding hydrogens is 237 g/mol. The van der Waals surface area contributed by atoms with E-state index in [1.165, 1.54) is 7.11 Å². The Morgan fingerprint density at radius 1 is 1.41 bits per heavy atom. The summed E-state index contributed by atoms with van der Waals surface area (Å²) in [5, 5.41) is 8.42. The number of benzene rings is 1. The second-order valence-electron chi connectivity index (χ2n) is 3.13. The summed E-state index contributed by atoms with van der Waals surface area (Å²) in [7, 11) is 1.29. The first-order valence-electron chi connectivity index (χ1n) is 4.51. The number of rotatable bonds is 3. The van der Waals surface area contributed by atoms with Crippen LogP contribution in [0.2, 0.25) is 0 Å². The topological polar surface area (TPSA) is 46.5 Å². The normalized spacial score (nSPS) is 11.8. The molecule has 3 nitrogen and oxygen atoms in total. The molecule has 0 unspecified atom stereocenters. The van der Waals surface area contributed by atoms with Crippen LogP contribution in [0.5, 0.6) is 5.75 Å². The van der Waals surface area contributed by atoms with Crippen LogP contribution < -0.4 is 4.74 Å². The molecular formula is C11H9F3O3. The van der Waals surface area contributed by atoms with Gasteiger partial charge in [-0.05, 0) is 24.3 Å². The minimum Gasteiger partial charge on any atom is -0.496 e. The van der Waals surface area contributed by atoms with Crippen molar-refractivity contribution in [1.82, 2.24) is 0 Å². The predicted molar refractivity (Wildman–Crippen MR) is 54.7 cm³/mol. The molecule has 6 heteroatoms. The summed E-state index contributed by atoms with van der Waals surface area (Å²) in [6.45, 7) is 0. The molecule has 1 N–H and O–H groups in total. The van der Waals surface area contributed by atoms with Gasteiger partial charge in [-0.1, -0.05) is 0 Å². The fourth-order valence-electron chi connectivity index (χ4n) is 1.20. The molecule has 1 aromatic rings. The molecule has 0 atom stereocenters. The molecule has 0 aliphatic rings. The number of carbonyl (C=O) groups is 1. The Balaban J connectivity index is 3.20. The van der Waals surface area contributed by atoms with Crippen LogP contribution in [0, 0.1) is 0 Å². The third kappa shape index (κ3) is 3.51. The molecule has 0 fully saturated rings. The highest BCUT2D eigenvalue weighted by Gasteiger charge is 2.30. The predicted octanol–water partition coefficient (Wildman–Crippen LogP) is 2.81. The maximum absolute atomic E-state index is 12.4. The van der Waals surface area contributed by atoms with E-state index in [2.05, 4.69) is 0 Å². The monoisotopic (exact) mass is 246 g/mol. The van der Waals surface area contributed by atoms with Gasteiger partial charge in [-0.3, -0.25) is 0 Å². The van der Waals surface area contributed by atoms with E-state index in [4.69, 9.17) is 9.84 Å². The Morgan fingerprint density at radius 2 is 2.06 bits per heavy atom. The molecule has 0 radical (unpaired) electrons. The van der Waals surface area contributed by atoms with Gasteiger partial charge in [-0.2, -0.15) is 13.2 Å². The number of alkyl halides is 3. The first-order chi connectivity index (χ1) is 7.84. The number of carboxylic acid groups (broad SMARTS) is 1. The van der Waals surface area contributed by atoms with Crippen LogP contribution in [0.4, 0.5) is 13.2 Å². The molecule has 0 saturated heterocycles. The highest BCUT2D eigenvalue weighted by atomic mass is 19.4. The van der Waals surface area contributed by atoms with Crippen molar-refractivity contribution in [2.45, 2.75) is 6.18 Å². The van der Waals surface area contributed by atoms with Gasteiger partial charge in [0.25, 0.3) is 0 Å². The van der Waals surface area contributed by atoms with Gasteiger partial charge in [0.15, 0.2) is 0 Å². The lowest BCUT2D eigenvalue weighted by Crippen LogP contribution is -2.05. The lowest BCUT2D eigenvalue weighted by molar-refractivity contribution is -0.137. The van der Waals surface area contributed by atoms with Crippen molar-refractivity contribution >= 4 is 12.0 Å². The van der Waals surface area contributed by atoms with Crippen molar-refractivity contribution in [2.24, 2.45) is 0 Å². The Kier molecular flexibility index (Phi) is 3.77. The Bertz CT molecular complexity index is 450. The molecule has 0 amide bonds. The molecule has 0 aliphatic heterocycles. The molecule has 0 bridgehead atoms. The zero-order valence-corrected chi connectivity index (χ0v) is 8.78. The Hall–Kier alpha value is -1.98. The molecule has 0 heterocycles. The molecule has 1 rings (SSSR count). The Labute approximate surface area is 95.1 Å². The van der Waals surface area contributed by atoms with Gasteiger partial charge in [-0.15, -0.1) is 0 Å². The van der Waals surface area contributed by atoms with Crippen molar-refractivity contribution in [1.29, 1.82) is 0 Å². The second-order valence-corrected chi connectivity index (χ2v) is 3.13. The zero-order valence-electron chi connectivity index (χ0n) is 8.78.